The van der Waals surface area contributed by atoms with Crippen molar-refractivity contribution in [2.24, 2.45) is 5.92 Å². The van der Waals surface area contributed by atoms with Gasteiger partial charge in [-0.25, -0.2) is 4.98 Å². The minimum Gasteiger partial charge on any atom is -0.397 e. The molecule has 21 heavy (non-hydrogen) atoms. The molecular weight excluding hydrogens is 266 g/mol. The smallest absolute Gasteiger partial charge is 0.258 e. The Bertz CT molecular complexity index is 729. The van der Waals surface area contributed by atoms with Crippen LogP contribution in [-0.4, -0.2) is 23.1 Å². The highest BCUT2D eigenvalue weighted by atomic mass is 16.1. The maximum Gasteiger partial charge on any atom is 0.258 e. The SMILES string of the molecule is CC(C)CN(CCC#N)c1cc2nc[nH]c(=O)c2cc1N. The zero-order valence-corrected chi connectivity index (χ0v) is 12.3. The van der Waals surface area contributed by atoms with Gasteiger partial charge in [0.1, 0.15) is 0 Å². The first-order chi connectivity index (χ1) is 10.0. The topological polar surface area (TPSA) is 98.8 Å². The summed E-state index contributed by atoms with van der Waals surface area (Å²) in [6, 6.07) is 5.62. The molecule has 1 heterocycles. The fraction of sp³-hybridized carbons (Fsp3) is 0.400. The zero-order chi connectivity index (χ0) is 15.4. The number of aromatic nitrogens is 2. The van der Waals surface area contributed by atoms with Crippen molar-refractivity contribution < 1.29 is 0 Å². The number of fused-ring (bicyclic) bond motifs is 1. The summed E-state index contributed by atoms with van der Waals surface area (Å²) in [4.78, 5) is 20.5. The number of nitriles is 1. The van der Waals surface area contributed by atoms with Crippen molar-refractivity contribution in [3.05, 3.63) is 28.8 Å². The third kappa shape index (κ3) is 3.31. The highest BCUT2D eigenvalue weighted by Crippen LogP contribution is 2.27. The Labute approximate surface area is 123 Å². The van der Waals surface area contributed by atoms with E-state index in [9.17, 15) is 4.79 Å². The second-order valence-electron chi connectivity index (χ2n) is 5.41. The largest absolute Gasteiger partial charge is 0.397 e. The molecule has 0 atom stereocenters. The fourth-order valence-corrected chi connectivity index (χ4v) is 2.33. The van der Waals surface area contributed by atoms with Gasteiger partial charge in [-0.2, -0.15) is 5.26 Å². The quantitative estimate of drug-likeness (QED) is 0.817. The highest BCUT2D eigenvalue weighted by molar-refractivity contribution is 5.88. The van der Waals surface area contributed by atoms with Crippen LogP contribution in [0.4, 0.5) is 11.4 Å². The Balaban J connectivity index is 2.49. The number of nitrogens with two attached hydrogens (primary N) is 1. The average Bonchev–Trinajstić information content (AvgIpc) is 2.43. The van der Waals surface area contributed by atoms with E-state index in [2.05, 4.69) is 34.8 Å². The molecule has 0 saturated heterocycles. The Morgan fingerprint density at radius 2 is 2.24 bits per heavy atom. The molecule has 2 aromatic rings. The van der Waals surface area contributed by atoms with Gasteiger partial charge in [-0.05, 0) is 18.1 Å². The average molecular weight is 285 g/mol. The van der Waals surface area contributed by atoms with E-state index in [0.717, 1.165) is 12.2 Å². The number of anilines is 2. The van der Waals surface area contributed by atoms with E-state index in [4.69, 9.17) is 11.0 Å². The van der Waals surface area contributed by atoms with E-state index in [1.165, 1.54) is 6.33 Å². The molecule has 0 saturated carbocycles. The first-order valence-electron chi connectivity index (χ1n) is 6.91. The van der Waals surface area contributed by atoms with Crippen molar-refractivity contribution in [1.82, 2.24) is 9.97 Å². The molecule has 110 valence electrons. The van der Waals surface area contributed by atoms with E-state index in [1.54, 1.807) is 6.07 Å². The van der Waals surface area contributed by atoms with Crippen LogP contribution in [0, 0.1) is 17.2 Å². The summed E-state index contributed by atoms with van der Waals surface area (Å²) in [5.41, 5.74) is 7.85. The predicted molar refractivity (Wildman–Crippen MR) is 84.1 cm³/mol. The standard InChI is InChI=1S/C15H19N5O/c1-10(2)8-20(5-3-4-16)14-7-13-11(6-12(14)17)15(21)19-9-18-13/h6-7,9-10H,3,5,8,17H2,1-2H3,(H,18,19,21). The number of hydrogen-bond donors (Lipinski definition) is 2. The second-order valence-corrected chi connectivity index (χ2v) is 5.41. The molecule has 0 radical (unpaired) electrons. The van der Waals surface area contributed by atoms with Crippen molar-refractivity contribution in [2.45, 2.75) is 20.3 Å². The molecule has 1 aromatic heterocycles. The van der Waals surface area contributed by atoms with Crippen molar-refractivity contribution >= 4 is 22.3 Å². The minimum atomic E-state index is -0.203. The summed E-state index contributed by atoms with van der Waals surface area (Å²) in [5.74, 6) is 0.436. The Kier molecular flexibility index (Phi) is 4.43. The molecule has 6 nitrogen and oxygen atoms in total. The van der Waals surface area contributed by atoms with Crippen molar-refractivity contribution in [3.63, 3.8) is 0 Å². The number of nitrogen functional groups attached to an aromatic ring is 1. The summed E-state index contributed by atoms with van der Waals surface area (Å²) in [6.07, 6.45) is 1.81. The first kappa shape index (κ1) is 14.9. The number of hydrogen-bond acceptors (Lipinski definition) is 5. The van der Waals surface area contributed by atoms with Crippen molar-refractivity contribution in [3.8, 4) is 6.07 Å². The van der Waals surface area contributed by atoms with Gasteiger partial charge in [0.25, 0.3) is 5.56 Å². The van der Waals surface area contributed by atoms with Gasteiger partial charge in [0.2, 0.25) is 0 Å². The molecule has 0 aliphatic heterocycles. The lowest BCUT2D eigenvalue weighted by molar-refractivity contribution is 0.613. The molecule has 6 heteroatoms. The van der Waals surface area contributed by atoms with E-state index >= 15 is 0 Å². The van der Waals surface area contributed by atoms with Gasteiger partial charge in [0, 0.05) is 13.1 Å². The molecule has 0 fully saturated rings. The number of nitrogens with zero attached hydrogens (tertiary/aromatic N) is 3. The predicted octanol–water partition coefficient (Wildman–Crippen LogP) is 1.88. The number of H-pyrrole nitrogens is 1. The maximum atomic E-state index is 11.8. The third-order valence-corrected chi connectivity index (χ3v) is 3.21. The number of aromatic amines is 1. The monoisotopic (exact) mass is 285 g/mol. The van der Waals surface area contributed by atoms with Crippen LogP contribution in [0.25, 0.3) is 10.9 Å². The van der Waals surface area contributed by atoms with Gasteiger partial charge >= 0.3 is 0 Å². The van der Waals surface area contributed by atoms with Crippen LogP contribution in [0.3, 0.4) is 0 Å². The van der Waals surface area contributed by atoms with Crippen LogP contribution in [-0.2, 0) is 0 Å². The molecule has 0 spiro atoms. The van der Waals surface area contributed by atoms with Crippen molar-refractivity contribution in [1.29, 1.82) is 5.26 Å². The molecular formula is C15H19N5O. The van der Waals surface area contributed by atoms with Gasteiger partial charge in [-0.15, -0.1) is 0 Å². The molecule has 0 aliphatic rings. The van der Waals surface area contributed by atoms with Crippen LogP contribution >= 0.6 is 0 Å². The van der Waals surface area contributed by atoms with Crippen LogP contribution < -0.4 is 16.2 Å². The number of benzene rings is 1. The van der Waals surface area contributed by atoms with Gasteiger partial charge in [0.15, 0.2) is 0 Å². The molecule has 0 aliphatic carbocycles. The van der Waals surface area contributed by atoms with Crippen molar-refractivity contribution in [2.75, 3.05) is 23.7 Å². The molecule has 1 aromatic carbocycles. The Morgan fingerprint density at radius 1 is 1.48 bits per heavy atom. The van der Waals surface area contributed by atoms with E-state index < -0.39 is 0 Å². The zero-order valence-electron chi connectivity index (χ0n) is 12.3. The van der Waals surface area contributed by atoms with Gasteiger partial charge in [-0.3, -0.25) is 4.79 Å². The van der Waals surface area contributed by atoms with Crippen LogP contribution in [0.15, 0.2) is 23.3 Å². The minimum absolute atomic E-state index is 0.203. The normalized spacial score (nSPS) is 10.8. The number of nitrogens with one attached hydrogen (secondary N) is 1. The number of rotatable bonds is 5. The Morgan fingerprint density at radius 3 is 2.90 bits per heavy atom. The lowest BCUT2D eigenvalue weighted by atomic mass is 10.1. The summed E-state index contributed by atoms with van der Waals surface area (Å²) in [5, 5.41) is 9.28. The van der Waals surface area contributed by atoms with Gasteiger partial charge < -0.3 is 15.6 Å². The van der Waals surface area contributed by atoms with Gasteiger partial charge in [-0.1, -0.05) is 13.8 Å². The fourth-order valence-electron chi connectivity index (χ4n) is 2.33. The van der Waals surface area contributed by atoms with Crippen LogP contribution in [0.5, 0.6) is 0 Å². The molecule has 3 N–H and O–H groups in total. The van der Waals surface area contributed by atoms with E-state index in [0.29, 0.717) is 35.5 Å². The molecule has 0 bridgehead atoms. The first-order valence-corrected chi connectivity index (χ1v) is 6.91. The lowest BCUT2D eigenvalue weighted by Crippen LogP contribution is -2.29. The summed E-state index contributed by atoms with van der Waals surface area (Å²) in [6.45, 7) is 5.62. The van der Waals surface area contributed by atoms with Crippen LogP contribution in [0.2, 0.25) is 0 Å². The maximum absolute atomic E-state index is 11.8. The summed E-state index contributed by atoms with van der Waals surface area (Å²) < 4.78 is 0. The molecule has 2 rings (SSSR count). The lowest BCUT2D eigenvalue weighted by Gasteiger charge is -2.27. The van der Waals surface area contributed by atoms with Crippen LogP contribution in [0.1, 0.15) is 20.3 Å². The van der Waals surface area contributed by atoms with E-state index in [-0.39, 0.29) is 5.56 Å². The summed E-state index contributed by atoms with van der Waals surface area (Å²) >= 11 is 0. The molecule has 0 amide bonds. The van der Waals surface area contributed by atoms with E-state index in [1.807, 2.05) is 6.07 Å². The molecule has 0 unspecified atom stereocenters. The highest BCUT2D eigenvalue weighted by Gasteiger charge is 2.14. The summed E-state index contributed by atoms with van der Waals surface area (Å²) in [7, 11) is 0. The third-order valence-electron chi connectivity index (χ3n) is 3.21. The van der Waals surface area contributed by atoms with Gasteiger partial charge in [0.05, 0.1) is 41.1 Å². The second kappa shape index (κ2) is 6.27. The Hall–Kier alpha value is -2.55.